The Morgan fingerprint density at radius 1 is 1.08 bits per heavy atom. The summed E-state index contributed by atoms with van der Waals surface area (Å²) in [6.07, 6.45) is -0.441. The SMILES string of the molecule is CC(C)NC(=O)NC(=O)[C@@H](C)OC(=O)CCCOc1ccccc1. The first-order valence-electron chi connectivity index (χ1n) is 7.87. The van der Waals surface area contributed by atoms with Crippen molar-refractivity contribution in [1.29, 1.82) is 0 Å². The van der Waals surface area contributed by atoms with Crippen molar-refractivity contribution in [3.63, 3.8) is 0 Å². The number of rotatable bonds is 8. The fourth-order valence-corrected chi connectivity index (χ4v) is 1.74. The van der Waals surface area contributed by atoms with Crippen molar-refractivity contribution >= 4 is 17.9 Å². The van der Waals surface area contributed by atoms with Gasteiger partial charge in [-0.1, -0.05) is 18.2 Å². The number of amides is 3. The predicted octanol–water partition coefficient (Wildman–Crippen LogP) is 2.01. The molecule has 0 bridgehead atoms. The lowest BCUT2D eigenvalue weighted by Crippen LogP contribution is -2.46. The van der Waals surface area contributed by atoms with Crippen molar-refractivity contribution in [2.45, 2.75) is 45.8 Å². The fourth-order valence-electron chi connectivity index (χ4n) is 1.74. The molecule has 0 aliphatic carbocycles. The van der Waals surface area contributed by atoms with Crippen LogP contribution in [0.4, 0.5) is 4.79 Å². The third-order valence-corrected chi connectivity index (χ3v) is 2.87. The maximum Gasteiger partial charge on any atom is 0.321 e. The van der Waals surface area contributed by atoms with Gasteiger partial charge in [0.1, 0.15) is 5.75 Å². The van der Waals surface area contributed by atoms with E-state index in [1.807, 2.05) is 30.3 Å². The maximum absolute atomic E-state index is 11.7. The van der Waals surface area contributed by atoms with Crippen LogP contribution in [0.25, 0.3) is 0 Å². The molecule has 0 aliphatic heterocycles. The molecule has 0 aliphatic rings. The number of ether oxygens (including phenoxy) is 2. The van der Waals surface area contributed by atoms with Gasteiger partial charge in [-0.3, -0.25) is 14.9 Å². The van der Waals surface area contributed by atoms with Gasteiger partial charge in [0.15, 0.2) is 6.10 Å². The van der Waals surface area contributed by atoms with Crippen LogP contribution in [-0.2, 0) is 14.3 Å². The Balaban J connectivity index is 2.21. The van der Waals surface area contributed by atoms with Gasteiger partial charge in [-0.2, -0.15) is 0 Å². The van der Waals surface area contributed by atoms with Crippen molar-refractivity contribution in [3.8, 4) is 5.75 Å². The molecule has 7 nitrogen and oxygen atoms in total. The molecule has 1 aromatic rings. The molecule has 1 atom stereocenters. The normalized spacial score (nSPS) is 11.5. The highest BCUT2D eigenvalue weighted by atomic mass is 16.5. The first-order valence-corrected chi connectivity index (χ1v) is 7.87. The van der Waals surface area contributed by atoms with Crippen LogP contribution in [-0.4, -0.2) is 36.7 Å². The van der Waals surface area contributed by atoms with Crippen molar-refractivity contribution in [1.82, 2.24) is 10.6 Å². The van der Waals surface area contributed by atoms with Crippen LogP contribution in [0.1, 0.15) is 33.6 Å². The number of para-hydroxylation sites is 1. The van der Waals surface area contributed by atoms with E-state index < -0.39 is 24.0 Å². The number of carbonyl (C=O) groups is 3. The summed E-state index contributed by atoms with van der Waals surface area (Å²) in [5.41, 5.74) is 0. The van der Waals surface area contributed by atoms with Crippen molar-refractivity contribution in [2.75, 3.05) is 6.61 Å². The molecule has 1 rings (SSSR count). The molecule has 0 spiro atoms. The van der Waals surface area contributed by atoms with Crippen molar-refractivity contribution in [2.24, 2.45) is 0 Å². The van der Waals surface area contributed by atoms with E-state index in [0.717, 1.165) is 5.75 Å². The Morgan fingerprint density at radius 2 is 1.75 bits per heavy atom. The summed E-state index contributed by atoms with van der Waals surface area (Å²) < 4.78 is 10.4. The van der Waals surface area contributed by atoms with E-state index in [4.69, 9.17) is 9.47 Å². The number of hydrogen-bond acceptors (Lipinski definition) is 5. The standard InChI is InChI=1S/C17H24N2O5/c1-12(2)18-17(22)19-16(21)13(3)24-15(20)10-7-11-23-14-8-5-4-6-9-14/h4-6,8-9,12-13H,7,10-11H2,1-3H3,(H2,18,19,21,22)/t13-/m1/s1. The zero-order valence-electron chi connectivity index (χ0n) is 14.2. The lowest BCUT2D eigenvalue weighted by molar-refractivity contribution is -0.154. The van der Waals surface area contributed by atoms with Crippen molar-refractivity contribution in [3.05, 3.63) is 30.3 Å². The van der Waals surface area contributed by atoms with Gasteiger partial charge >= 0.3 is 12.0 Å². The number of carbonyl (C=O) groups excluding carboxylic acids is 3. The molecule has 0 saturated carbocycles. The lowest BCUT2D eigenvalue weighted by Gasteiger charge is -2.14. The number of nitrogens with one attached hydrogen (secondary N) is 2. The number of hydrogen-bond donors (Lipinski definition) is 2. The molecule has 0 heterocycles. The van der Waals surface area contributed by atoms with E-state index in [1.54, 1.807) is 13.8 Å². The van der Waals surface area contributed by atoms with Gasteiger partial charge in [0.2, 0.25) is 0 Å². The molecule has 132 valence electrons. The average Bonchev–Trinajstić information content (AvgIpc) is 2.51. The molecule has 0 aromatic heterocycles. The lowest BCUT2D eigenvalue weighted by atomic mass is 10.3. The zero-order valence-corrected chi connectivity index (χ0v) is 14.2. The Bertz CT molecular complexity index is 545. The van der Waals surface area contributed by atoms with Gasteiger partial charge in [0.05, 0.1) is 6.61 Å². The highest BCUT2D eigenvalue weighted by Crippen LogP contribution is 2.09. The summed E-state index contributed by atoms with van der Waals surface area (Å²) in [6.45, 7) is 5.32. The van der Waals surface area contributed by atoms with Gasteiger partial charge < -0.3 is 14.8 Å². The summed E-state index contributed by atoms with van der Waals surface area (Å²) in [6, 6.07) is 8.55. The van der Waals surface area contributed by atoms with E-state index in [0.29, 0.717) is 13.0 Å². The van der Waals surface area contributed by atoms with Crippen LogP contribution in [0.5, 0.6) is 5.75 Å². The van der Waals surface area contributed by atoms with E-state index in [-0.39, 0.29) is 12.5 Å². The van der Waals surface area contributed by atoms with Crippen LogP contribution in [0.15, 0.2) is 30.3 Å². The Morgan fingerprint density at radius 3 is 2.38 bits per heavy atom. The van der Waals surface area contributed by atoms with E-state index in [2.05, 4.69) is 10.6 Å². The van der Waals surface area contributed by atoms with Gasteiger partial charge in [0, 0.05) is 12.5 Å². The van der Waals surface area contributed by atoms with Crippen LogP contribution in [0.2, 0.25) is 0 Å². The summed E-state index contributed by atoms with van der Waals surface area (Å²) >= 11 is 0. The van der Waals surface area contributed by atoms with Gasteiger partial charge in [-0.15, -0.1) is 0 Å². The second-order valence-electron chi connectivity index (χ2n) is 5.51. The molecule has 3 amide bonds. The smallest absolute Gasteiger partial charge is 0.321 e. The number of benzene rings is 1. The molecular formula is C17H24N2O5. The van der Waals surface area contributed by atoms with Crippen LogP contribution in [0.3, 0.4) is 0 Å². The Kier molecular flexibility index (Phi) is 8.32. The average molecular weight is 336 g/mol. The minimum atomic E-state index is -1.04. The number of imide groups is 1. The predicted molar refractivity (Wildman–Crippen MR) is 88.5 cm³/mol. The van der Waals surface area contributed by atoms with Gasteiger partial charge in [0.25, 0.3) is 5.91 Å². The molecule has 24 heavy (non-hydrogen) atoms. The van der Waals surface area contributed by atoms with Crippen LogP contribution < -0.4 is 15.4 Å². The maximum atomic E-state index is 11.7. The second-order valence-corrected chi connectivity index (χ2v) is 5.51. The topological polar surface area (TPSA) is 93.7 Å². The molecule has 0 fully saturated rings. The van der Waals surface area contributed by atoms with Gasteiger partial charge in [-0.25, -0.2) is 4.79 Å². The van der Waals surface area contributed by atoms with Crippen LogP contribution in [0, 0.1) is 0 Å². The van der Waals surface area contributed by atoms with Crippen LogP contribution >= 0.6 is 0 Å². The zero-order chi connectivity index (χ0) is 17.9. The Labute approximate surface area is 141 Å². The quantitative estimate of drug-likeness (QED) is 0.559. The summed E-state index contributed by atoms with van der Waals surface area (Å²) in [5.74, 6) is -0.449. The second kappa shape index (κ2) is 10.3. The largest absolute Gasteiger partial charge is 0.494 e. The summed E-state index contributed by atoms with van der Waals surface area (Å²) in [7, 11) is 0. The number of urea groups is 1. The molecule has 0 unspecified atom stereocenters. The van der Waals surface area contributed by atoms with E-state index in [1.165, 1.54) is 6.92 Å². The molecular weight excluding hydrogens is 312 g/mol. The minimum absolute atomic E-state index is 0.0970. The molecule has 1 aromatic carbocycles. The Hall–Kier alpha value is -2.57. The van der Waals surface area contributed by atoms with E-state index in [9.17, 15) is 14.4 Å². The highest BCUT2D eigenvalue weighted by molar-refractivity contribution is 5.97. The number of esters is 1. The summed E-state index contributed by atoms with van der Waals surface area (Å²) in [4.78, 5) is 34.8. The third-order valence-electron chi connectivity index (χ3n) is 2.87. The minimum Gasteiger partial charge on any atom is -0.494 e. The summed E-state index contributed by atoms with van der Waals surface area (Å²) in [5, 5.41) is 4.63. The third kappa shape index (κ3) is 8.17. The highest BCUT2D eigenvalue weighted by Gasteiger charge is 2.19. The molecule has 0 saturated heterocycles. The van der Waals surface area contributed by atoms with Gasteiger partial charge in [-0.05, 0) is 39.3 Å². The fraction of sp³-hybridized carbons (Fsp3) is 0.471. The molecule has 0 radical (unpaired) electrons. The van der Waals surface area contributed by atoms with Crippen molar-refractivity contribution < 1.29 is 23.9 Å². The first kappa shape index (κ1) is 19.5. The monoisotopic (exact) mass is 336 g/mol. The first-order chi connectivity index (χ1) is 11.4. The molecule has 7 heteroatoms. The molecule has 2 N–H and O–H groups in total. The van der Waals surface area contributed by atoms with E-state index >= 15 is 0 Å².